The maximum Gasteiger partial charge on any atom is 0.127 e. The van der Waals surface area contributed by atoms with Crippen molar-refractivity contribution in [3.05, 3.63) is 193 Å². The van der Waals surface area contributed by atoms with Crippen molar-refractivity contribution in [3.8, 4) is 5.75 Å². The molecule has 0 spiro atoms. The van der Waals surface area contributed by atoms with Crippen LogP contribution in [0.5, 0.6) is 5.75 Å². The number of para-hydroxylation sites is 2. The SMILES string of the molecule is C=C/C=C(\C=C/C(C)c1ccc(N(C2=CC=C(Oc3ccc(C)cc3)C=CC2)c2ccccc2)cc1)Nc1ccccc1. The summed E-state index contributed by atoms with van der Waals surface area (Å²) < 4.78 is 6.15. The number of hydrogen-bond acceptors (Lipinski definition) is 3. The molecule has 0 radical (unpaired) electrons. The Labute approximate surface area is 256 Å². The first-order chi connectivity index (χ1) is 21.1. The topological polar surface area (TPSA) is 24.5 Å². The molecule has 1 aliphatic rings. The second-order valence-electron chi connectivity index (χ2n) is 10.5. The maximum absolute atomic E-state index is 6.15. The average Bonchev–Trinajstić information content (AvgIpc) is 3.28. The summed E-state index contributed by atoms with van der Waals surface area (Å²) in [6.45, 7) is 8.17. The predicted molar refractivity (Wildman–Crippen MR) is 183 cm³/mol. The van der Waals surface area contributed by atoms with Crippen molar-refractivity contribution in [2.24, 2.45) is 0 Å². The van der Waals surface area contributed by atoms with E-state index in [9.17, 15) is 0 Å². The van der Waals surface area contributed by atoms with Gasteiger partial charge in [-0.3, -0.25) is 0 Å². The Morgan fingerprint density at radius 2 is 1.51 bits per heavy atom. The third-order valence-electron chi connectivity index (χ3n) is 7.21. The predicted octanol–water partition coefficient (Wildman–Crippen LogP) is 10.8. The number of nitrogens with one attached hydrogen (secondary N) is 1. The molecule has 0 aliphatic heterocycles. The Balaban J connectivity index is 1.36. The summed E-state index contributed by atoms with van der Waals surface area (Å²) in [7, 11) is 0. The van der Waals surface area contributed by atoms with E-state index < -0.39 is 0 Å². The van der Waals surface area contributed by atoms with Crippen LogP contribution in [0.2, 0.25) is 0 Å². The first-order valence-electron chi connectivity index (χ1n) is 14.7. The number of hydrogen-bond donors (Lipinski definition) is 1. The lowest BCUT2D eigenvalue weighted by atomic mass is 9.99. The zero-order chi connectivity index (χ0) is 29.9. The quantitative estimate of drug-likeness (QED) is 0.184. The van der Waals surface area contributed by atoms with Crippen molar-refractivity contribution in [1.82, 2.24) is 0 Å². The smallest absolute Gasteiger partial charge is 0.127 e. The van der Waals surface area contributed by atoms with E-state index in [4.69, 9.17) is 4.74 Å². The van der Waals surface area contributed by atoms with Crippen LogP contribution in [0, 0.1) is 6.92 Å². The summed E-state index contributed by atoms with van der Waals surface area (Å²) in [5.74, 6) is 1.88. The Morgan fingerprint density at radius 1 is 0.837 bits per heavy atom. The van der Waals surface area contributed by atoms with Crippen LogP contribution < -0.4 is 15.0 Å². The molecular formula is C40H38N2O. The van der Waals surface area contributed by atoms with E-state index in [1.54, 1.807) is 6.08 Å². The van der Waals surface area contributed by atoms with Gasteiger partial charge >= 0.3 is 0 Å². The third-order valence-corrected chi connectivity index (χ3v) is 7.21. The number of benzene rings is 4. The number of allylic oxidation sites excluding steroid dienone is 8. The molecule has 1 unspecified atom stereocenters. The Morgan fingerprint density at radius 3 is 2.21 bits per heavy atom. The van der Waals surface area contributed by atoms with Crippen molar-refractivity contribution in [3.63, 3.8) is 0 Å². The van der Waals surface area contributed by atoms with Gasteiger partial charge in [0, 0.05) is 34.9 Å². The molecule has 0 bridgehead atoms. The molecule has 3 heteroatoms. The minimum atomic E-state index is 0.231. The zero-order valence-electron chi connectivity index (χ0n) is 24.9. The molecule has 4 aromatic carbocycles. The largest absolute Gasteiger partial charge is 0.457 e. The van der Waals surface area contributed by atoms with Crippen LogP contribution in [-0.2, 0) is 0 Å². The Bertz CT molecular complexity index is 1640. The number of anilines is 3. The van der Waals surface area contributed by atoms with E-state index >= 15 is 0 Å². The second kappa shape index (κ2) is 14.6. The molecule has 0 saturated heterocycles. The number of ether oxygens (including phenoxy) is 1. The van der Waals surface area contributed by atoms with Gasteiger partial charge in [-0.05, 0) is 97.3 Å². The fourth-order valence-corrected chi connectivity index (χ4v) is 4.87. The van der Waals surface area contributed by atoms with Crippen LogP contribution >= 0.6 is 0 Å². The van der Waals surface area contributed by atoms with E-state index in [2.05, 4.69) is 134 Å². The summed E-state index contributed by atoms with van der Waals surface area (Å²) in [4.78, 5) is 2.31. The first kappa shape index (κ1) is 29.2. The van der Waals surface area contributed by atoms with Gasteiger partial charge in [0.2, 0.25) is 0 Å². The standard InChI is InChI=1S/C40H38N2O/c1-4-12-34(41-35-13-7-5-8-14-35)24-21-32(3)33-22-25-38(26-23-33)42(36-15-9-6-10-16-36)37-17-11-18-39(30-27-37)43-40-28-19-31(2)20-29-40/h4-16,18-30,32,41H,1,17H2,2-3H3/b24-21-,34-12+. The van der Waals surface area contributed by atoms with Crippen molar-refractivity contribution < 1.29 is 4.74 Å². The average molecular weight is 563 g/mol. The molecule has 1 N–H and O–H groups in total. The molecule has 3 nitrogen and oxygen atoms in total. The van der Waals surface area contributed by atoms with Gasteiger partial charge < -0.3 is 15.0 Å². The van der Waals surface area contributed by atoms with Crippen molar-refractivity contribution in [1.29, 1.82) is 0 Å². The lowest BCUT2D eigenvalue weighted by Gasteiger charge is -2.27. The maximum atomic E-state index is 6.15. The summed E-state index contributed by atoms with van der Waals surface area (Å²) in [5, 5.41) is 3.46. The van der Waals surface area contributed by atoms with Crippen LogP contribution in [0.25, 0.3) is 0 Å². The van der Waals surface area contributed by atoms with E-state index in [1.807, 2.05) is 48.6 Å². The monoisotopic (exact) mass is 562 g/mol. The summed E-state index contributed by atoms with van der Waals surface area (Å²) in [5.41, 5.74) is 7.89. The molecule has 0 fully saturated rings. The molecule has 4 aromatic rings. The highest BCUT2D eigenvalue weighted by atomic mass is 16.5. The Kier molecular flexibility index (Phi) is 9.90. The third kappa shape index (κ3) is 8.15. The zero-order valence-corrected chi connectivity index (χ0v) is 24.9. The van der Waals surface area contributed by atoms with Crippen molar-refractivity contribution >= 4 is 17.1 Å². The van der Waals surface area contributed by atoms with Gasteiger partial charge in [-0.1, -0.05) is 98.0 Å². The van der Waals surface area contributed by atoms with Crippen LogP contribution in [-0.4, -0.2) is 0 Å². The minimum absolute atomic E-state index is 0.231. The van der Waals surface area contributed by atoms with Crippen molar-refractivity contribution in [2.45, 2.75) is 26.2 Å². The Hall–Kier alpha value is -5.28. The number of nitrogens with zero attached hydrogens (tertiary/aromatic N) is 1. The lowest BCUT2D eigenvalue weighted by Crippen LogP contribution is -2.16. The number of aryl methyl sites for hydroxylation is 1. The highest BCUT2D eigenvalue weighted by Gasteiger charge is 2.15. The molecule has 0 amide bonds. The van der Waals surface area contributed by atoms with Gasteiger partial charge in [-0.25, -0.2) is 0 Å². The fraction of sp³-hybridized carbons (Fsp3) is 0.100. The molecule has 1 aliphatic carbocycles. The summed E-state index contributed by atoms with van der Waals surface area (Å²) in [6, 6.07) is 37.7. The lowest BCUT2D eigenvalue weighted by molar-refractivity contribution is 0.444. The van der Waals surface area contributed by atoms with Crippen LogP contribution in [0.15, 0.2) is 182 Å². The molecule has 43 heavy (non-hydrogen) atoms. The summed E-state index contributed by atoms with van der Waals surface area (Å²) in [6.07, 6.45) is 17.3. The van der Waals surface area contributed by atoms with Gasteiger partial charge in [-0.2, -0.15) is 0 Å². The van der Waals surface area contributed by atoms with E-state index in [0.717, 1.165) is 46.4 Å². The van der Waals surface area contributed by atoms with Gasteiger partial charge in [0.05, 0.1) is 0 Å². The summed E-state index contributed by atoms with van der Waals surface area (Å²) >= 11 is 0. The van der Waals surface area contributed by atoms with Crippen LogP contribution in [0.1, 0.15) is 30.4 Å². The van der Waals surface area contributed by atoms with Gasteiger partial charge in [0.25, 0.3) is 0 Å². The molecule has 0 heterocycles. The molecule has 5 rings (SSSR count). The second-order valence-corrected chi connectivity index (χ2v) is 10.5. The van der Waals surface area contributed by atoms with Gasteiger partial charge in [0.15, 0.2) is 0 Å². The van der Waals surface area contributed by atoms with Crippen LogP contribution in [0.3, 0.4) is 0 Å². The minimum Gasteiger partial charge on any atom is -0.457 e. The van der Waals surface area contributed by atoms with E-state index in [1.165, 1.54) is 11.1 Å². The highest BCUT2D eigenvalue weighted by molar-refractivity contribution is 5.69. The first-order valence-corrected chi connectivity index (χ1v) is 14.7. The van der Waals surface area contributed by atoms with Gasteiger partial charge in [-0.15, -0.1) is 0 Å². The van der Waals surface area contributed by atoms with Crippen LogP contribution in [0.4, 0.5) is 17.1 Å². The fourth-order valence-electron chi connectivity index (χ4n) is 4.87. The highest BCUT2D eigenvalue weighted by Crippen LogP contribution is 2.33. The van der Waals surface area contributed by atoms with E-state index in [-0.39, 0.29) is 5.92 Å². The van der Waals surface area contributed by atoms with E-state index in [0.29, 0.717) is 0 Å². The molecular weight excluding hydrogens is 524 g/mol. The molecule has 0 aromatic heterocycles. The van der Waals surface area contributed by atoms with Crippen molar-refractivity contribution in [2.75, 3.05) is 10.2 Å². The molecule has 0 saturated carbocycles. The van der Waals surface area contributed by atoms with Gasteiger partial charge in [0.1, 0.15) is 11.5 Å². The molecule has 214 valence electrons. The molecule has 1 atom stereocenters. The normalized spacial score (nSPS) is 14.0. The number of rotatable bonds is 11.